The van der Waals surface area contributed by atoms with Crippen molar-refractivity contribution < 1.29 is 9.18 Å². The molecule has 7 nitrogen and oxygen atoms in total. The first-order valence-corrected chi connectivity index (χ1v) is 10.9. The number of anilines is 1. The molecule has 0 radical (unpaired) electrons. The Bertz CT molecular complexity index is 1440. The first-order chi connectivity index (χ1) is 15.5. The molecule has 0 bridgehead atoms. The Kier molecular flexibility index (Phi) is 5.02. The van der Waals surface area contributed by atoms with E-state index in [9.17, 15) is 9.18 Å². The van der Waals surface area contributed by atoms with Gasteiger partial charge in [0.15, 0.2) is 5.65 Å². The van der Waals surface area contributed by atoms with Crippen LogP contribution in [0.5, 0.6) is 0 Å². The summed E-state index contributed by atoms with van der Waals surface area (Å²) in [4.78, 5) is 18.5. The zero-order valence-electron chi connectivity index (χ0n) is 17.4. The maximum atomic E-state index is 13.5. The van der Waals surface area contributed by atoms with Crippen LogP contribution >= 0.6 is 11.3 Å². The van der Waals surface area contributed by atoms with E-state index in [4.69, 9.17) is 0 Å². The topological polar surface area (TPSA) is 77.1 Å². The van der Waals surface area contributed by atoms with Gasteiger partial charge in [-0.15, -0.1) is 11.3 Å². The van der Waals surface area contributed by atoms with E-state index in [0.717, 1.165) is 21.8 Å². The molecule has 0 saturated heterocycles. The predicted octanol–water partition coefficient (Wildman–Crippen LogP) is 4.71. The molecule has 9 heteroatoms. The van der Waals surface area contributed by atoms with Crippen molar-refractivity contribution >= 4 is 28.6 Å². The molecule has 4 heterocycles. The van der Waals surface area contributed by atoms with Crippen LogP contribution < -0.4 is 5.32 Å². The van der Waals surface area contributed by atoms with Crippen LogP contribution in [0.2, 0.25) is 0 Å². The average molecular weight is 447 g/mol. The van der Waals surface area contributed by atoms with E-state index in [0.29, 0.717) is 29.1 Å². The van der Waals surface area contributed by atoms with Gasteiger partial charge in [-0.25, -0.2) is 13.9 Å². The van der Waals surface area contributed by atoms with Crippen molar-refractivity contribution in [1.82, 2.24) is 24.4 Å². The normalized spacial score (nSPS) is 11.2. The molecule has 0 fully saturated rings. The number of fused-ring (bicyclic) bond motifs is 1. The van der Waals surface area contributed by atoms with Gasteiger partial charge >= 0.3 is 0 Å². The minimum atomic E-state index is -0.313. The first kappa shape index (κ1) is 20.1. The monoisotopic (exact) mass is 446 g/mol. The van der Waals surface area contributed by atoms with Gasteiger partial charge in [0, 0.05) is 6.20 Å². The summed E-state index contributed by atoms with van der Waals surface area (Å²) in [6.07, 6.45) is 3.20. The van der Waals surface area contributed by atoms with E-state index < -0.39 is 0 Å². The van der Waals surface area contributed by atoms with Crippen LogP contribution in [0.3, 0.4) is 0 Å². The molecular formula is C23H19FN6OS. The molecule has 160 valence electrons. The number of nitrogens with zero attached hydrogens (tertiary/aromatic N) is 5. The fourth-order valence-corrected chi connectivity index (χ4v) is 4.42. The quantitative estimate of drug-likeness (QED) is 0.424. The van der Waals surface area contributed by atoms with Gasteiger partial charge in [-0.2, -0.15) is 10.2 Å². The molecule has 0 aliphatic carbocycles. The molecule has 1 amide bonds. The number of aromatic nitrogens is 5. The molecule has 0 saturated carbocycles. The number of carbonyl (C=O) groups is 1. The highest BCUT2D eigenvalue weighted by Crippen LogP contribution is 2.26. The minimum Gasteiger partial charge on any atom is -0.319 e. The number of nitrogens with one attached hydrogen (secondary N) is 1. The lowest BCUT2D eigenvalue weighted by Gasteiger charge is -2.07. The van der Waals surface area contributed by atoms with E-state index in [-0.39, 0.29) is 11.7 Å². The molecule has 5 rings (SSSR count). The van der Waals surface area contributed by atoms with Crippen molar-refractivity contribution in [2.24, 2.45) is 0 Å². The highest BCUT2D eigenvalue weighted by molar-refractivity contribution is 7.13. The second-order valence-electron chi connectivity index (χ2n) is 7.39. The van der Waals surface area contributed by atoms with Gasteiger partial charge in [-0.05, 0) is 49.1 Å². The molecule has 0 aliphatic rings. The van der Waals surface area contributed by atoms with E-state index in [1.807, 2.05) is 43.5 Å². The van der Waals surface area contributed by atoms with Gasteiger partial charge in [-0.3, -0.25) is 9.48 Å². The van der Waals surface area contributed by atoms with Crippen molar-refractivity contribution in [3.8, 4) is 10.6 Å². The highest BCUT2D eigenvalue weighted by Gasteiger charge is 2.20. The Morgan fingerprint density at radius 3 is 2.84 bits per heavy atom. The summed E-state index contributed by atoms with van der Waals surface area (Å²) in [6, 6.07) is 12.2. The number of rotatable bonds is 5. The third kappa shape index (κ3) is 3.56. The lowest BCUT2D eigenvalue weighted by Crippen LogP contribution is -2.13. The van der Waals surface area contributed by atoms with Crippen LogP contribution in [0.4, 0.5) is 10.1 Å². The standard InChI is InChI=1S/C23H19FN6OS/c1-14-21(15(2)29(28-14)13-16-5-3-6-17(24)11-16)27-23(31)18-12-26-30-19(8-9-25-22(18)30)20-7-4-10-32-20/h3-12H,13H2,1-2H3,(H,27,31). The molecule has 32 heavy (non-hydrogen) atoms. The van der Waals surface area contributed by atoms with Crippen molar-refractivity contribution in [3.63, 3.8) is 0 Å². The maximum absolute atomic E-state index is 13.5. The third-order valence-corrected chi connectivity index (χ3v) is 6.15. The fraction of sp³-hybridized carbons (Fsp3) is 0.130. The smallest absolute Gasteiger partial charge is 0.261 e. The molecule has 4 aromatic heterocycles. The molecule has 0 spiro atoms. The van der Waals surface area contributed by atoms with Crippen molar-refractivity contribution in [3.05, 3.63) is 88.6 Å². The van der Waals surface area contributed by atoms with Gasteiger partial charge in [0.25, 0.3) is 5.91 Å². The Labute approximate surface area is 187 Å². The summed E-state index contributed by atoms with van der Waals surface area (Å²) in [7, 11) is 0. The lowest BCUT2D eigenvalue weighted by molar-refractivity contribution is 0.102. The molecule has 0 atom stereocenters. The first-order valence-electron chi connectivity index (χ1n) is 9.97. The molecule has 1 aromatic carbocycles. The Hall–Kier alpha value is -3.85. The number of carbonyl (C=O) groups excluding carboxylic acids is 1. The van der Waals surface area contributed by atoms with Crippen LogP contribution in [0.25, 0.3) is 16.2 Å². The third-order valence-electron chi connectivity index (χ3n) is 5.26. The van der Waals surface area contributed by atoms with E-state index >= 15 is 0 Å². The van der Waals surface area contributed by atoms with Crippen molar-refractivity contribution in [2.75, 3.05) is 5.32 Å². The van der Waals surface area contributed by atoms with Gasteiger partial charge in [-0.1, -0.05) is 18.2 Å². The summed E-state index contributed by atoms with van der Waals surface area (Å²) < 4.78 is 17.0. The van der Waals surface area contributed by atoms with Gasteiger partial charge in [0.1, 0.15) is 11.4 Å². The van der Waals surface area contributed by atoms with E-state index in [1.165, 1.54) is 18.3 Å². The van der Waals surface area contributed by atoms with Crippen molar-refractivity contribution in [1.29, 1.82) is 0 Å². The molecule has 5 aromatic rings. The number of hydrogen-bond acceptors (Lipinski definition) is 5. The van der Waals surface area contributed by atoms with Gasteiger partial charge in [0.05, 0.1) is 40.4 Å². The largest absolute Gasteiger partial charge is 0.319 e. The summed E-state index contributed by atoms with van der Waals surface area (Å²) in [5, 5.41) is 13.9. The summed E-state index contributed by atoms with van der Waals surface area (Å²) in [5.41, 5.74) is 4.61. The molecular weight excluding hydrogens is 427 g/mol. The Morgan fingerprint density at radius 1 is 1.19 bits per heavy atom. The number of benzene rings is 1. The van der Waals surface area contributed by atoms with Crippen molar-refractivity contribution in [2.45, 2.75) is 20.4 Å². The number of amides is 1. The number of aryl methyl sites for hydroxylation is 1. The van der Waals surface area contributed by atoms with Gasteiger partial charge < -0.3 is 5.32 Å². The van der Waals surface area contributed by atoms with Crippen LogP contribution in [0.15, 0.2) is 60.2 Å². The second kappa shape index (κ2) is 8.01. The molecule has 1 N–H and O–H groups in total. The average Bonchev–Trinajstić information content (AvgIpc) is 3.50. The Morgan fingerprint density at radius 2 is 2.06 bits per heavy atom. The van der Waals surface area contributed by atoms with Crippen LogP contribution in [-0.2, 0) is 6.54 Å². The van der Waals surface area contributed by atoms with Crippen LogP contribution in [-0.4, -0.2) is 30.3 Å². The zero-order valence-corrected chi connectivity index (χ0v) is 18.2. The SMILES string of the molecule is Cc1nn(Cc2cccc(F)c2)c(C)c1NC(=O)c1cnn2c(-c3cccs3)ccnc12. The number of hydrogen-bond donors (Lipinski definition) is 1. The zero-order chi connectivity index (χ0) is 22.2. The van der Waals surface area contributed by atoms with E-state index in [2.05, 4.69) is 20.5 Å². The second-order valence-corrected chi connectivity index (χ2v) is 8.34. The molecule has 0 aliphatic heterocycles. The van der Waals surface area contributed by atoms with E-state index in [1.54, 1.807) is 32.8 Å². The van der Waals surface area contributed by atoms with Crippen LogP contribution in [0.1, 0.15) is 27.3 Å². The molecule has 0 unspecified atom stereocenters. The maximum Gasteiger partial charge on any atom is 0.261 e. The fourth-order valence-electron chi connectivity index (χ4n) is 3.68. The minimum absolute atomic E-state index is 0.292. The van der Waals surface area contributed by atoms with Crippen LogP contribution in [0, 0.1) is 19.7 Å². The predicted molar refractivity (Wildman–Crippen MR) is 121 cm³/mol. The van der Waals surface area contributed by atoms with Gasteiger partial charge in [0.2, 0.25) is 0 Å². The summed E-state index contributed by atoms with van der Waals surface area (Å²) in [6.45, 7) is 4.11. The Balaban J connectivity index is 1.44. The highest BCUT2D eigenvalue weighted by atomic mass is 32.1. The summed E-state index contributed by atoms with van der Waals surface area (Å²) in [5.74, 6) is -0.604. The lowest BCUT2D eigenvalue weighted by atomic mass is 10.2. The number of halogens is 1. The number of thiophene rings is 1. The summed E-state index contributed by atoms with van der Waals surface area (Å²) >= 11 is 1.60.